The van der Waals surface area contributed by atoms with Crippen molar-refractivity contribution in [1.29, 1.82) is 0 Å². The summed E-state index contributed by atoms with van der Waals surface area (Å²) in [7, 11) is 0. The van der Waals surface area contributed by atoms with Crippen molar-refractivity contribution in [3.8, 4) is 11.5 Å². The maximum atomic E-state index is 11.5. The van der Waals surface area contributed by atoms with Gasteiger partial charge in [-0.2, -0.15) is 0 Å². The molecule has 1 aromatic rings. The Balaban J connectivity index is 2.00. The quantitative estimate of drug-likeness (QED) is 0.730. The fourth-order valence-electron chi connectivity index (χ4n) is 2.18. The Kier molecular flexibility index (Phi) is 5.25. The number of hydrogen-bond donors (Lipinski definition) is 3. The summed E-state index contributed by atoms with van der Waals surface area (Å²) in [6.45, 7) is 0.492. The van der Waals surface area contributed by atoms with Crippen LogP contribution in [0.2, 0.25) is 0 Å². The van der Waals surface area contributed by atoms with E-state index in [1.54, 1.807) is 18.3 Å². The minimum atomic E-state index is -0.528. The van der Waals surface area contributed by atoms with Gasteiger partial charge in [-0.3, -0.25) is 0 Å². The van der Waals surface area contributed by atoms with Gasteiger partial charge in [-0.1, -0.05) is 29.9 Å². The number of nitrogens with two attached hydrogens (primary N) is 1. The molecular weight excluding hydrogens is 280 g/mol. The number of phenolic OH excluding ortho intramolecular Hbond substituents is 2. The Morgan fingerprint density at radius 2 is 2.09 bits per heavy atom. The number of urea groups is 1. The van der Waals surface area contributed by atoms with Crippen LogP contribution in [0.3, 0.4) is 0 Å². The number of aromatic hydroxyl groups is 2. The summed E-state index contributed by atoms with van der Waals surface area (Å²) in [6.07, 6.45) is 12.4. The molecule has 0 spiro atoms. The molecule has 0 bridgehead atoms. The van der Waals surface area contributed by atoms with Crippen LogP contribution in [0.1, 0.15) is 24.8 Å². The van der Waals surface area contributed by atoms with Gasteiger partial charge < -0.3 is 20.8 Å². The van der Waals surface area contributed by atoms with E-state index in [-0.39, 0.29) is 11.5 Å². The van der Waals surface area contributed by atoms with E-state index in [1.165, 1.54) is 22.6 Å². The second kappa shape index (κ2) is 7.36. The number of nitrogens with zero attached hydrogens (tertiary/aromatic N) is 1. The molecule has 0 unspecified atom stereocenters. The first kappa shape index (κ1) is 15.7. The number of primary amides is 1. The number of phenols is 2. The Bertz CT molecular complexity index is 633. The Labute approximate surface area is 129 Å². The minimum Gasteiger partial charge on any atom is -0.504 e. The summed E-state index contributed by atoms with van der Waals surface area (Å²) in [6, 6.07) is 3.91. The standard InChI is InChI=1S/C17H20N2O3/c18-17(22)19(10-8-13-4-2-1-3-5-13)11-9-14-6-7-15(20)16(21)12-14/h2,4-7,9,11-12,20-21H,1,3,8,10H2,(H2,18,22)/b11-9+. The highest BCUT2D eigenvalue weighted by molar-refractivity contribution is 5.74. The molecule has 2 amide bonds. The van der Waals surface area contributed by atoms with Gasteiger partial charge in [-0.05, 0) is 43.0 Å². The third-order valence-corrected chi connectivity index (χ3v) is 3.44. The molecule has 0 heterocycles. The molecular formula is C17H20N2O3. The van der Waals surface area contributed by atoms with Crippen molar-refractivity contribution in [1.82, 2.24) is 4.90 Å². The molecule has 0 aliphatic heterocycles. The maximum Gasteiger partial charge on any atom is 0.318 e. The molecule has 0 fully saturated rings. The summed E-state index contributed by atoms with van der Waals surface area (Å²) in [5.41, 5.74) is 7.25. The smallest absolute Gasteiger partial charge is 0.318 e. The normalized spacial score (nSPS) is 14.1. The molecule has 0 saturated carbocycles. The average molecular weight is 300 g/mol. The topological polar surface area (TPSA) is 86.8 Å². The lowest BCUT2D eigenvalue weighted by Crippen LogP contribution is -2.32. The fourth-order valence-corrected chi connectivity index (χ4v) is 2.18. The minimum absolute atomic E-state index is 0.181. The highest BCUT2D eigenvalue weighted by Gasteiger charge is 2.07. The molecule has 0 radical (unpaired) electrons. The molecule has 0 saturated heterocycles. The van der Waals surface area contributed by atoms with E-state index in [0.29, 0.717) is 12.1 Å². The van der Waals surface area contributed by atoms with E-state index in [4.69, 9.17) is 5.73 Å². The van der Waals surface area contributed by atoms with Crippen LogP contribution in [0.15, 0.2) is 48.2 Å². The van der Waals surface area contributed by atoms with Crippen molar-refractivity contribution < 1.29 is 15.0 Å². The van der Waals surface area contributed by atoms with Crippen LogP contribution < -0.4 is 5.73 Å². The molecule has 1 aliphatic carbocycles. The largest absolute Gasteiger partial charge is 0.504 e. The first-order chi connectivity index (χ1) is 10.6. The average Bonchev–Trinajstić information content (AvgIpc) is 2.51. The van der Waals surface area contributed by atoms with Crippen LogP contribution in [0.25, 0.3) is 6.08 Å². The molecule has 4 N–H and O–H groups in total. The number of rotatable bonds is 5. The number of carbonyl (C=O) groups is 1. The van der Waals surface area contributed by atoms with Gasteiger partial charge in [0.25, 0.3) is 0 Å². The molecule has 1 aliphatic rings. The molecule has 2 rings (SSSR count). The lowest BCUT2D eigenvalue weighted by molar-refractivity contribution is 0.225. The molecule has 5 nitrogen and oxygen atoms in total. The van der Waals surface area contributed by atoms with Gasteiger partial charge in [0.05, 0.1) is 0 Å². The highest BCUT2D eigenvalue weighted by atomic mass is 16.3. The maximum absolute atomic E-state index is 11.5. The third kappa shape index (κ3) is 4.41. The number of carbonyl (C=O) groups excluding carboxylic acids is 1. The van der Waals surface area contributed by atoms with Crippen molar-refractivity contribution in [2.45, 2.75) is 19.3 Å². The molecule has 1 aromatic carbocycles. The van der Waals surface area contributed by atoms with Gasteiger partial charge >= 0.3 is 6.03 Å². The van der Waals surface area contributed by atoms with Gasteiger partial charge in [0.2, 0.25) is 0 Å². The highest BCUT2D eigenvalue weighted by Crippen LogP contribution is 2.25. The van der Waals surface area contributed by atoms with Gasteiger partial charge in [0.15, 0.2) is 11.5 Å². The Hall–Kier alpha value is -2.69. The second-order valence-corrected chi connectivity index (χ2v) is 5.10. The van der Waals surface area contributed by atoms with Crippen LogP contribution in [0, 0.1) is 0 Å². The number of benzene rings is 1. The first-order valence-corrected chi connectivity index (χ1v) is 7.18. The second-order valence-electron chi connectivity index (χ2n) is 5.10. The van der Waals surface area contributed by atoms with E-state index >= 15 is 0 Å². The summed E-state index contributed by atoms with van der Waals surface area (Å²) >= 11 is 0. The van der Waals surface area contributed by atoms with Crippen LogP contribution in [-0.4, -0.2) is 27.7 Å². The zero-order chi connectivity index (χ0) is 15.9. The van der Waals surface area contributed by atoms with E-state index < -0.39 is 6.03 Å². The van der Waals surface area contributed by atoms with Gasteiger partial charge in [-0.15, -0.1) is 0 Å². The molecule has 0 atom stereocenters. The van der Waals surface area contributed by atoms with Crippen molar-refractivity contribution in [2.75, 3.05) is 6.54 Å². The van der Waals surface area contributed by atoms with Crippen molar-refractivity contribution in [2.24, 2.45) is 5.73 Å². The lowest BCUT2D eigenvalue weighted by atomic mass is 10.0. The predicted molar refractivity (Wildman–Crippen MR) is 86.2 cm³/mol. The predicted octanol–water partition coefficient (Wildman–Crippen LogP) is 3.12. The number of allylic oxidation sites excluding steroid dienone is 3. The molecule has 5 heteroatoms. The zero-order valence-corrected chi connectivity index (χ0v) is 12.3. The summed E-state index contributed by atoms with van der Waals surface area (Å²) in [4.78, 5) is 12.9. The van der Waals surface area contributed by atoms with E-state index in [2.05, 4.69) is 18.2 Å². The Morgan fingerprint density at radius 1 is 1.27 bits per heavy atom. The van der Waals surface area contributed by atoms with E-state index in [9.17, 15) is 15.0 Å². The van der Waals surface area contributed by atoms with Crippen LogP contribution in [-0.2, 0) is 0 Å². The summed E-state index contributed by atoms with van der Waals surface area (Å²) in [5, 5.41) is 18.7. The van der Waals surface area contributed by atoms with Crippen LogP contribution >= 0.6 is 0 Å². The fraction of sp³-hybridized carbons (Fsp3) is 0.235. The van der Waals surface area contributed by atoms with Crippen LogP contribution in [0.5, 0.6) is 11.5 Å². The van der Waals surface area contributed by atoms with Crippen molar-refractivity contribution in [3.05, 3.63) is 53.8 Å². The van der Waals surface area contributed by atoms with Crippen molar-refractivity contribution in [3.63, 3.8) is 0 Å². The van der Waals surface area contributed by atoms with Crippen LogP contribution in [0.4, 0.5) is 4.79 Å². The van der Waals surface area contributed by atoms with E-state index in [1.807, 2.05) is 0 Å². The zero-order valence-electron chi connectivity index (χ0n) is 12.3. The third-order valence-electron chi connectivity index (χ3n) is 3.44. The monoisotopic (exact) mass is 300 g/mol. The summed E-state index contributed by atoms with van der Waals surface area (Å²) in [5.74, 6) is -0.384. The van der Waals surface area contributed by atoms with Gasteiger partial charge in [-0.25, -0.2) is 4.79 Å². The van der Waals surface area contributed by atoms with Gasteiger partial charge in [0.1, 0.15) is 0 Å². The lowest BCUT2D eigenvalue weighted by Gasteiger charge is -2.16. The van der Waals surface area contributed by atoms with Gasteiger partial charge in [0, 0.05) is 12.7 Å². The summed E-state index contributed by atoms with van der Waals surface area (Å²) < 4.78 is 0. The molecule has 116 valence electrons. The molecule has 0 aromatic heterocycles. The SMILES string of the molecule is NC(=O)N(/C=C/c1ccc(O)c(O)c1)CCC1=CCCC=C1. The van der Waals surface area contributed by atoms with Crippen molar-refractivity contribution >= 4 is 12.1 Å². The Morgan fingerprint density at radius 3 is 2.73 bits per heavy atom. The first-order valence-electron chi connectivity index (χ1n) is 7.18. The number of amides is 2. The molecule has 22 heavy (non-hydrogen) atoms. The van der Waals surface area contributed by atoms with E-state index in [0.717, 1.165) is 19.3 Å². The number of hydrogen-bond acceptors (Lipinski definition) is 3.